The van der Waals surface area contributed by atoms with Gasteiger partial charge in [-0.1, -0.05) is 122 Å². The zero-order valence-electron chi connectivity index (χ0n) is 60.8. The molecule has 101 heavy (non-hydrogen) atoms. The second kappa shape index (κ2) is 47.7. The topological polar surface area (TPSA) is 493 Å². The molecule has 0 radical (unpaired) electrons. The van der Waals surface area contributed by atoms with Crippen molar-refractivity contribution in [3.8, 4) is 0 Å². The third-order valence-electron chi connectivity index (χ3n) is 17.3. The Labute approximate surface area is 596 Å². The van der Waals surface area contributed by atoms with Crippen molar-refractivity contribution in [1.29, 1.82) is 0 Å². The number of aromatic nitrogens is 2. The summed E-state index contributed by atoms with van der Waals surface area (Å²) >= 11 is 0. The molecule has 23 N–H and O–H groups in total. The Balaban J connectivity index is 1.96. The van der Waals surface area contributed by atoms with Crippen molar-refractivity contribution in [3.05, 3.63) is 90.0 Å². The van der Waals surface area contributed by atoms with Crippen molar-refractivity contribution in [2.75, 3.05) is 26.2 Å². The number of carbonyl (C=O) groups excluding carboxylic acids is 11. The number of nitrogens with zero attached hydrogens (tertiary/aromatic N) is 1. The maximum absolute atomic E-state index is 14.9. The predicted octanol–water partition coefficient (Wildman–Crippen LogP) is 0.799. The zero-order valence-corrected chi connectivity index (χ0v) is 60.8. The lowest BCUT2D eigenvalue weighted by Gasteiger charge is -2.30. The van der Waals surface area contributed by atoms with E-state index in [0.717, 1.165) is 5.56 Å². The van der Waals surface area contributed by atoms with Gasteiger partial charge in [0.25, 0.3) is 0 Å². The van der Waals surface area contributed by atoms with Gasteiger partial charge in [0.05, 0.1) is 12.4 Å². The number of unbranched alkanes of at least 4 members (excludes halogenated alkanes) is 4. The smallest absolute Gasteiger partial charge is 0.243 e. The molecule has 12 atom stereocenters. The van der Waals surface area contributed by atoms with E-state index in [4.69, 9.17) is 34.4 Å². The Morgan fingerprint density at radius 2 is 0.703 bits per heavy atom. The molecule has 0 unspecified atom stereocenters. The summed E-state index contributed by atoms with van der Waals surface area (Å²) in [4.78, 5) is 164. The molecule has 0 saturated carbocycles. The van der Waals surface area contributed by atoms with E-state index < -0.39 is 137 Å². The molecule has 3 rings (SSSR count). The van der Waals surface area contributed by atoms with Gasteiger partial charge >= 0.3 is 0 Å². The summed E-state index contributed by atoms with van der Waals surface area (Å²) < 4.78 is 0. The summed E-state index contributed by atoms with van der Waals surface area (Å²) in [6.07, 6.45) is 7.79. The molecule has 0 aliphatic rings. The molecular formula is C72H120N18O11. The molecule has 564 valence electrons. The summed E-state index contributed by atoms with van der Waals surface area (Å²) in [5, 5.41) is 28.1. The fourth-order valence-electron chi connectivity index (χ4n) is 11.4. The molecule has 0 aliphatic carbocycles. The van der Waals surface area contributed by atoms with Crippen LogP contribution >= 0.6 is 0 Å². The quantitative estimate of drug-likeness (QED) is 0.0348. The van der Waals surface area contributed by atoms with Crippen LogP contribution in [0.25, 0.3) is 0 Å². The van der Waals surface area contributed by atoms with Gasteiger partial charge in [0.1, 0.15) is 60.4 Å². The van der Waals surface area contributed by atoms with E-state index in [0.29, 0.717) is 75.6 Å². The largest absolute Gasteiger partial charge is 0.368 e. The maximum atomic E-state index is 14.9. The highest BCUT2D eigenvalue weighted by atomic mass is 16.2. The van der Waals surface area contributed by atoms with Crippen LogP contribution < -0.4 is 87.6 Å². The number of amides is 11. The number of carbonyl (C=O) groups is 11. The molecule has 1 heterocycles. The van der Waals surface area contributed by atoms with E-state index in [1.165, 1.54) is 12.5 Å². The third-order valence-corrected chi connectivity index (χ3v) is 17.3. The Morgan fingerprint density at radius 3 is 1.07 bits per heavy atom. The van der Waals surface area contributed by atoms with Crippen molar-refractivity contribution >= 4 is 65.0 Å². The van der Waals surface area contributed by atoms with Gasteiger partial charge in [-0.05, 0) is 164 Å². The van der Waals surface area contributed by atoms with Gasteiger partial charge in [-0.3, -0.25) is 52.7 Å². The lowest BCUT2D eigenvalue weighted by molar-refractivity contribution is -0.137. The van der Waals surface area contributed by atoms with Crippen molar-refractivity contribution in [2.45, 2.75) is 244 Å². The van der Waals surface area contributed by atoms with Crippen molar-refractivity contribution in [3.63, 3.8) is 0 Å². The monoisotopic (exact) mass is 1410 g/mol. The molecule has 0 aliphatic heterocycles. The van der Waals surface area contributed by atoms with E-state index >= 15 is 0 Å². The average Bonchev–Trinajstić information content (AvgIpc) is 1.25. The van der Waals surface area contributed by atoms with E-state index in [1.807, 2.05) is 78.8 Å². The van der Waals surface area contributed by atoms with Gasteiger partial charge in [-0.25, -0.2) is 4.98 Å². The van der Waals surface area contributed by atoms with Crippen molar-refractivity contribution in [1.82, 2.24) is 63.1 Å². The molecule has 3 aromatic rings. The van der Waals surface area contributed by atoms with Crippen LogP contribution in [-0.4, -0.2) is 168 Å². The highest BCUT2D eigenvalue weighted by Crippen LogP contribution is 2.17. The Hall–Kier alpha value is -8.38. The van der Waals surface area contributed by atoms with E-state index in [1.54, 1.807) is 37.3 Å². The van der Waals surface area contributed by atoms with Crippen LogP contribution in [-0.2, 0) is 72.0 Å². The molecule has 0 spiro atoms. The fourth-order valence-corrected chi connectivity index (χ4v) is 11.4. The number of imidazole rings is 1. The number of nitrogens with one attached hydrogen (secondary N) is 11. The summed E-state index contributed by atoms with van der Waals surface area (Å²) in [6.45, 7) is 15.8. The third kappa shape index (κ3) is 33.3. The van der Waals surface area contributed by atoms with Crippen LogP contribution in [0.2, 0.25) is 0 Å². The lowest BCUT2D eigenvalue weighted by atomic mass is 9.95. The summed E-state index contributed by atoms with van der Waals surface area (Å²) in [5.41, 5.74) is 37.5. The van der Waals surface area contributed by atoms with Gasteiger partial charge < -0.3 is 92.6 Å². The first kappa shape index (κ1) is 86.8. The summed E-state index contributed by atoms with van der Waals surface area (Å²) in [5.74, 6) is -8.67. The maximum Gasteiger partial charge on any atom is 0.243 e. The number of benzene rings is 2. The Bertz CT molecular complexity index is 3000. The van der Waals surface area contributed by atoms with Crippen LogP contribution in [0, 0.1) is 23.7 Å². The molecule has 1 aromatic heterocycles. The summed E-state index contributed by atoms with van der Waals surface area (Å²) in [6, 6.07) is 4.85. The minimum absolute atomic E-state index is 0.0159. The first-order chi connectivity index (χ1) is 48.1. The normalized spacial score (nSPS) is 15.0. The highest BCUT2D eigenvalue weighted by molar-refractivity contribution is 5.99. The van der Waals surface area contributed by atoms with Gasteiger partial charge in [0.15, 0.2) is 0 Å². The number of H-pyrrole nitrogens is 1. The minimum atomic E-state index is -1.32. The van der Waals surface area contributed by atoms with E-state index in [-0.39, 0.29) is 102 Å². The molecule has 0 bridgehead atoms. The number of hydrogen-bond donors (Lipinski definition) is 17. The second-order valence-electron chi connectivity index (χ2n) is 27.6. The molecule has 29 nitrogen and oxygen atoms in total. The van der Waals surface area contributed by atoms with Crippen LogP contribution in [0.4, 0.5) is 0 Å². The first-order valence-corrected chi connectivity index (χ1v) is 36.1. The van der Waals surface area contributed by atoms with Crippen molar-refractivity contribution in [2.24, 2.45) is 58.1 Å². The van der Waals surface area contributed by atoms with Gasteiger partial charge in [0, 0.05) is 24.7 Å². The fraction of sp³-hybridized carbons (Fsp3) is 0.639. The molecular weight excluding hydrogens is 1290 g/mol. The molecule has 0 saturated heterocycles. The number of primary amides is 1. The van der Waals surface area contributed by atoms with Crippen molar-refractivity contribution < 1.29 is 52.7 Å². The molecule has 11 amide bonds. The number of rotatable bonds is 51. The average molecular weight is 1410 g/mol. The second-order valence-corrected chi connectivity index (χ2v) is 27.6. The van der Waals surface area contributed by atoms with Gasteiger partial charge in [-0.15, -0.1) is 0 Å². The zero-order chi connectivity index (χ0) is 75.0. The minimum Gasteiger partial charge on any atom is -0.368 e. The molecule has 2 aromatic carbocycles. The summed E-state index contributed by atoms with van der Waals surface area (Å²) in [7, 11) is 0. The SMILES string of the molecule is CC[C@H](C)[C@H](NC(=O)[C@H](CCCCN)NC(=O)[C@H](CCCCN)NC(=O)[C@H](Cc1ccccc1)NC(=O)[C@H](CC(C)C)NC(=O)[C@H](CCCCN)NC(=O)[C@@H](N)Cc1ccccc1)C(=O)N[C@@H](CC(C)C)C(=O)N[C@@H](CCCCN)C(=O)N[C@@H](Cc1cnc[nH]1)C(=O)N[C@@H](CC(C)C)C(N)=O. The molecule has 29 heteroatoms. The van der Waals surface area contributed by atoms with Crippen LogP contribution in [0.5, 0.6) is 0 Å². The van der Waals surface area contributed by atoms with Gasteiger partial charge in [0.2, 0.25) is 65.0 Å². The molecule has 0 fully saturated rings. The number of hydrogen-bond acceptors (Lipinski definition) is 17. The number of nitrogens with two attached hydrogens (primary N) is 6. The standard InChI is InChI=1S/C72H120N18O11/c1-9-47(8)61(72(101)89-58(38-46(6)7)68(97)83-54(30-18-22-34-75)66(95)88-60(41-50-42-79-43-80-50)71(100)85-56(62(78)91)36-44(2)3)90-67(96)55(31-19-23-35-76)82-64(93)53(29-17-21-33-74)84-70(99)59(40-49-26-14-11-15-27-49)87-69(98)57(37-45(4)5)86-65(94)52(28-16-20-32-73)81-63(92)51(77)39-48-24-12-10-13-25-48/h10-15,24-27,42-47,51-61H,9,16-23,28-41,73-77H2,1-8H3,(H2,78,91)(H,79,80)(H,81,92)(H,82,93)(H,83,97)(H,84,99)(H,85,100)(H,86,94)(H,87,98)(H,88,95)(H,89,101)(H,90,96)/t47-,51-,52-,53-,54-,55-,56-,57-,58-,59-,60-,61-/m0/s1. The Morgan fingerprint density at radius 1 is 0.386 bits per heavy atom. The van der Waals surface area contributed by atoms with Gasteiger partial charge in [-0.2, -0.15) is 0 Å². The highest BCUT2D eigenvalue weighted by Gasteiger charge is 2.38. The number of aromatic amines is 1. The van der Waals surface area contributed by atoms with Crippen LogP contribution in [0.15, 0.2) is 73.2 Å². The van der Waals surface area contributed by atoms with E-state index in [9.17, 15) is 52.7 Å². The lowest BCUT2D eigenvalue weighted by Crippen LogP contribution is -2.61. The van der Waals surface area contributed by atoms with Crippen LogP contribution in [0.3, 0.4) is 0 Å². The first-order valence-electron chi connectivity index (χ1n) is 36.1. The van der Waals surface area contributed by atoms with Crippen LogP contribution in [0.1, 0.15) is 175 Å². The van der Waals surface area contributed by atoms with E-state index in [2.05, 4.69) is 63.1 Å². The predicted molar refractivity (Wildman–Crippen MR) is 389 cm³/mol. The Kier molecular flexibility index (Phi) is 41.0.